The number of imidazole rings is 1. The number of halogens is 1. The van der Waals surface area contributed by atoms with Crippen molar-refractivity contribution in [2.24, 2.45) is 0 Å². The molecule has 0 saturated carbocycles. The van der Waals surface area contributed by atoms with Gasteiger partial charge in [0.1, 0.15) is 0 Å². The van der Waals surface area contributed by atoms with Crippen LogP contribution in [-0.4, -0.2) is 44.2 Å². The van der Waals surface area contributed by atoms with Gasteiger partial charge in [-0.2, -0.15) is 0 Å². The monoisotopic (exact) mass is 313 g/mol. The van der Waals surface area contributed by atoms with E-state index in [-0.39, 0.29) is 0 Å². The van der Waals surface area contributed by atoms with Gasteiger partial charge in [0.15, 0.2) is 16.5 Å². The molecule has 20 heavy (non-hydrogen) atoms. The minimum absolute atomic E-state index is 0.318. The molecule has 108 valence electrons. The van der Waals surface area contributed by atoms with Crippen LogP contribution in [0.25, 0.3) is 5.82 Å². The highest BCUT2D eigenvalue weighted by atomic mass is 35.5. The van der Waals surface area contributed by atoms with Crippen LogP contribution in [-0.2, 0) is 4.57 Å². The fraction of sp³-hybridized carbons (Fsp3) is 0.417. The molecule has 0 aliphatic heterocycles. The Morgan fingerprint density at radius 2 is 2.00 bits per heavy atom. The van der Waals surface area contributed by atoms with E-state index in [1.165, 1.54) is 0 Å². The summed E-state index contributed by atoms with van der Waals surface area (Å²) in [7, 11) is -2.74. The molecule has 6 nitrogen and oxygen atoms in total. The van der Waals surface area contributed by atoms with E-state index >= 15 is 0 Å². The summed E-state index contributed by atoms with van der Waals surface area (Å²) >= 11 is 5.74. The number of rotatable bonds is 5. The number of hydrogen-bond donors (Lipinski definition) is 0. The van der Waals surface area contributed by atoms with E-state index in [0.717, 1.165) is 0 Å². The van der Waals surface area contributed by atoms with Crippen molar-refractivity contribution in [3.8, 4) is 5.82 Å². The van der Waals surface area contributed by atoms with Crippen molar-refractivity contribution in [3.05, 3.63) is 29.7 Å². The van der Waals surface area contributed by atoms with E-state index in [4.69, 9.17) is 11.6 Å². The van der Waals surface area contributed by atoms with Crippen LogP contribution in [0.4, 0.5) is 0 Å². The second-order valence-electron chi connectivity index (χ2n) is 4.33. The number of nitrogens with zero attached hydrogens (tertiary/aromatic N) is 5. The number of hydrogen-bond acceptors (Lipinski definition) is 4. The minimum Gasteiger partial charge on any atom is -0.298 e. The van der Waals surface area contributed by atoms with Gasteiger partial charge >= 0.3 is 0 Å². The molecule has 0 aliphatic rings. The van der Waals surface area contributed by atoms with Gasteiger partial charge in [0.2, 0.25) is 7.29 Å². The molecule has 1 unspecified atom stereocenters. The van der Waals surface area contributed by atoms with E-state index in [1.807, 2.05) is 18.5 Å². The Morgan fingerprint density at radius 3 is 2.55 bits per heavy atom. The van der Waals surface area contributed by atoms with Gasteiger partial charge in [0, 0.05) is 32.1 Å². The number of aromatic nitrogens is 4. The average Bonchev–Trinajstić information content (AvgIpc) is 2.90. The van der Waals surface area contributed by atoms with Crippen molar-refractivity contribution in [2.45, 2.75) is 13.8 Å². The Morgan fingerprint density at radius 1 is 1.30 bits per heavy atom. The molecule has 2 aromatic rings. The van der Waals surface area contributed by atoms with Crippen molar-refractivity contribution in [3.63, 3.8) is 0 Å². The van der Waals surface area contributed by atoms with Gasteiger partial charge < -0.3 is 0 Å². The lowest BCUT2D eigenvalue weighted by Crippen LogP contribution is -2.30. The fourth-order valence-electron chi connectivity index (χ4n) is 2.11. The zero-order chi connectivity index (χ0) is 14.8. The molecule has 2 aromatic heterocycles. The lowest BCUT2D eigenvalue weighted by Gasteiger charge is -2.26. The smallest absolute Gasteiger partial charge is 0.210 e. The summed E-state index contributed by atoms with van der Waals surface area (Å²) in [5.74, 6) is 0.552. The molecule has 8 heteroatoms. The van der Waals surface area contributed by atoms with E-state index in [0.29, 0.717) is 29.6 Å². The first-order valence-corrected chi connectivity index (χ1v) is 8.85. The maximum Gasteiger partial charge on any atom is 0.210 e. The molecular formula is C12H17ClN5OP. The molecule has 0 spiro atoms. The molecule has 0 bridgehead atoms. The van der Waals surface area contributed by atoms with Crippen molar-refractivity contribution in [2.75, 3.05) is 19.8 Å². The van der Waals surface area contributed by atoms with Crippen LogP contribution in [0.1, 0.15) is 13.8 Å². The molecule has 0 fully saturated rings. The van der Waals surface area contributed by atoms with Crippen LogP contribution in [0, 0.1) is 0 Å². The van der Waals surface area contributed by atoms with Crippen LogP contribution in [0.3, 0.4) is 0 Å². The summed E-state index contributed by atoms with van der Waals surface area (Å²) in [5, 5.41) is 8.13. The SMILES string of the molecule is CCN(CC)P(C)(=O)c1nccn1-c1ccc(Cl)nn1. The Bertz CT molecular complexity index is 623. The highest BCUT2D eigenvalue weighted by molar-refractivity contribution is 7.68. The maximum absolute atomic E-state index is 13.1. The topological polar surface area (TPSA) is 63.9 Å². The minimum atomic E-state index is -2.74. The maximum atomic E-state index is 13.1. The summed E-state index contributed by atoms with van der Waals surface area (Å²) in [6, 6.07) is 3.37. The van der Waals surface area contributed by atoms with Gasteiger partial charge in [-0.3, -0.25) is 9.13 Å². The fourth-order valence-corrected chi connectivity index (χ4v) is 4.39. The van der Waals surface area contributed by atoms with Crippen molar-refractivity contribution < 1.29 is 4.57 Å². The first-order chi connectivity index (χ1) is 9.50. The Hall–Kier alpha value is -1.23. The van der Waals surface area contributed by atoms with Gasteiger partial charge in [0.05, 0.1) is 0 Å². The summed E-state index contributed by atoms with van der Waals surface area (Å²) in [4.78, 5) is 4.26. The van der Waals surface area contributed by atoms with E-state index in [9.17, 15) is 4.57 Å². The largest absolute Gasteiger partial charge is 0.298 e. The van der Waals surface area contributed by atoms with Crippen molar-refractivity contribution in [1.29, 1.82) is 0 Å². The van der Waals surface area contributed by atoms with Crippen molar-refractivity contribution in [1.82, 2.24) is 24.4 Å². The third kappa shape index (κ3) is 2.77. The van der Waals surface area contributed by atoms with Crippen LogP contribution >= 0.6 is 18.9 Å². The molecule has 0 amide bonds. The van der Waals surface area contributed by atoms with E-state index in [2.05, 4.69) is 15.2 Å². The van der Waals surface area contributed by atoms with Crippen LogP contribution in [0.2, 0.25) is 5.15 Å². The summed E-state index contributed by atoms with van der Waals surface area (Å²) < 4.78 is 16.7. The third-order valence-corrected chi connectivity index (χ3v) is 6.05. The first kappa shape index (κ1) is 15.2. The van der Waals surface area contributed by atoms with E-state index < -0.39 is 7.29 Å². The van der Waals surface area contributed by atoms with Crippen LogP contribution < -0.4 is 5.57 Å². The highest BCUT2D eigenvalue weighted by Crippen LogP contribution is 2.43. The zero-order valence-corrected chi connectivity index (χ0v) is 13.3. The Kier molecular flexibility index (Phi) is 4.58. The molecule has 0 N–H and O–H groups in total. The van der Waals surface area contributed by atoms with Gasteiger partial charge in [-0.05, 0) is 12.1 Å². The third-order valence-electron chi connectivity index (χ3n) is 3.13. The molecule has 0 radical (unpaired) electrons. The van der Waals surface area contributed by atoms with Gasteiger partial charge in [-0.1, -0.05) is 25.4 Å². The lowest BCUT2D eigenvalue weighted by atomic mass is 10.5. The summed E-state index contributed by atoms with van der Waals surface area (Å²) in [5.41, 5.74) is 0.498. The standard InChI is InChI=1S/C12H17ClN5OP/c1-4-17(5-2)20(3,19)12-14-8-9-18(12)11-7-6-10(13)15-16-11/h6-9H,4-5H2,1-3H3. The zero-order valence-electron chi connectivity index (χ0n) is 11.7. The second kappa shape index (κ2) is 6.04. The molecule has 0 aliphatic carbocycles. The normalized spacial score (nSPS) is 14.4. The van der Waals surface area contributed by atoms with Crippen LogP contribution in [0.5, 0.6) is 0 Å². The molecule has 2 heterocycles. The quantitative estimate of drug-likeness (QED) is 0.792. The molecular weight excluding hydrogens is 297 g/mol. The lowest BCUT2D eigenvalue weighted by molar-refractivity contribution is 0.453. The van der Waals surface area contributed by atoms with Gasteiger partial charge in [-0.15, -0.1) is 10.2 Å². The average molecular weight is 314 g/mol. The van der Waals surface area contributed by atoms with E-state index in [1.54, 1.807) is 35.8 Å². The predicted molar refractivity (Wildman–Crippen MR) is 80.2 cm³/mol. The van der Waals surface area contributed by atoms with Crippen LogP contribution in [0.15, 0.2) is 24.5 Å². The summed E-state index contributed by atoms with van der Waals surface area (Å²) in [6.45, 7) is 7.08. The first-order valence-electron chi connectivity index (χ1n) is 6.37. The highest BCUT2D eigenvalue weighted by Gasteiger charge is 2.30. The van der Waals surface area contributed by atoms with Gasteiger partial charge in [0.25, 0.3) is 0 Å². The van der Waals surface area contributed by atoms with Gasteiger partial charge in [-0.25, -0.2) is 9.65 Å². The Labute approximate surface area is 123 Å². The molecule has 0 aromatic carbocycles. The predicted octanol–water partition coefficient (Wildman–Crippen LogP) is 2.19. The molecule has 1 atom stereocenters. The molecule has 0 saturated heterocycles. The molecule has 2 rings (SSSR count). The Balaban J connectivity index is 2.48. The van der Waals surface area contributed by atoms with Crippen molar-refractivity contribution >= 4 is 24.5 Å². The summed E-state index contributed by atoms with van der Waals surface area (Å²) in [6.07, 6.45) is 3.35. The second-order valence-corrected chi connectivity index (χ2v) is 7.44.